The van der Waals surface area contributed by atoms with E-state index in [0.29, 0.717) is 25.5 Å². The molecule has 9 heteroatoms. The maximum atomic E-state index is 12.6. The Morgan fingerprint density at radius 1 is 1.43 bits per heavy atom. The van der Waals surface area contributed by atoms with Crippen molar-refractivity contribution in [2.24, 2.45) is 0 Å². The zero-order valence-electron chi connectivity index (χ0n) is 12.1. The minimum atomic E-state index is -4.44. The van der Waals surface area contributed by atoms with E-state index in [9.17, 15) is 13.2 Å². The van der Waals surface area contributed by atoms with Crippen LogP contribution in [0.1, 0.15) is 17.7 Å². The molecule has 1 aliphatic rings. The second kappa shape index (κ2) is 6.37. The van der Waals surface area contributed by atoms with Crippen LogP contribution in [0, 0.1) is 0 Å². The Labute approximate surface area is 135 Å². The van der Waals surface area contributed by atoms with E-state index in [1.165, 1.54) is 0 Å². The number of aromatic amines is 1. The molecule has 0 bridgehead atoms. The van der Waals surface area contributed by atoms with E-state index in [4.69, 9.17) is 11.6 Å². The van der Waals surface area contributed by atoms with Crippen LogP contribution >= 0.6 is 11.6 Å². The molecule has 3 rings (SSSR count). The maximum Gasteiger partial charge on any atom is 0.417 e. The summed E-state index contributed by atoms with van der Waals surface area (Å²) >= 11 is 5.98. The lowest BCUT2D eigenvalue weighted by atomic mass is 10.2. The van der Waals surface area contributed by atoms with Crippen molar-refractivity contribution in [2.75, 3.05) is 18.0 Å². The number of nitrogens with zero attached hydrogens (tertiary/aromatic N) is 3. The molecule has 23 heavy (non-hydrogen) atoms. The van der Waals surface area contributed by atoms with Crippen molar-refractivity contribution in [3.05, 3.63) is 40.8 Å². The van der Waals surface area contributed by atoms with Gasteiger partial charge in [0.05, 0.1) is 10.6 Å². The second-order valence-electron chi connectivity index (χ2n) is 5.42. The van der Waals surface area contributed by atoms with Crippen LogP contribution in [0.15, 0.2) is 24.5 Å². The number of anilines is 1. The molecule has 2 aromatic rings. The van der Waals surface area contributed by atoms with Gasteiger partial charge in [0, 0.05) is 43.8 Å². The number of aromatic nitrogens is 3. The van der Waals surface area contributed by atoms with Crippen LogP contribution in [0.4, 0.5) is 19.0 Å². The van der Waals surface area contributed by atoms with E-state index in [1.54, 1.807) is 6.20 Å². The van der Waals surface area contributed by atoms with Crippen LogP contribution in [0.25, 0.3) is 0 Å². The fourth-order valence-electron chi connectivity index (χ4n) is 2.58. The Morgan fingerprint density at radius 3 is 2.91 bits per heavy atom. The van der Waals surface area contributed by atoms with Crippen LogP contribution in [0.2, 0.25) is 5.02 Å². The van der Waals surface area contributed by atoms with Crippen LogP contribution in [-0.4, -0.2) is 34.3 Å². The summed E-state index contributed by atoms with van der Waals surface area (Å²) in [7, 11) is 0. The van der Waals surface area contributed by atoms with Crippen LogP contribution in [-0.2, 0) is 12.7 Å². The van der Waals surface area contributed by atoms with Gasteiger partial charge in [0.25, 0.3) is 0 Å². The van der Waals surface area contributed by atoms with Crippen molar-refractivity contribution in [1.82, 2.24) is 20.5 Å². The summed E-state index contributed by atoms with van der Waals surface area (Å²) in [4.78, 5) is 5.80. The van der Waals surface area contributed by atoms with Gasteiger partial charge in [0.1, 0.15) is 5.82 Å². The fourth-order valence-corrected chi connectivity index (χ4v) is 2.86. The molecule has 1 saturated heterocycles. The van der Waals surface area contributed by atoms with Gasteiger partial charge < -0.3 is 10.2 Å². The molecular formula is C14H15ClF3N5. The molecule has 0 aliphatic carbocycles. The predicted octanol–water partition coefficient (Wildman–Crippen LogP) is 2.85. The summed E-state index contributed by atoms with van der Waals surface area (Å²) in [5.74, 6) is 0.394. The first kappa shape index (κ1) is 16.1. The van der Waals surface area contributed by atoms with Crippen molar-refractivity contribution >= 4 is 17.4 Å². The van der Waals surface area contributed by atoms with Crippen LogP contribution < -0.4 is 10.2 Å². The van der Waals surface area contributed by atoms with Gasteiger partial charge >= 0.3 is 6.18 Å². The van der Waals surface area contributed by atoms with Crippen LogP contribution in [0.5, 0.6) is 0 Å². The standard InChI is InChI=1S/C14H15ClF3N5/c15-12-5-9(14(16,17)18)6-20-13(12)23-4-2-11(8-23)19-7-10-1-3-21-22-10/h1,3,5-6,11,19H,2,4,7-8H2,(H,21,22). The molecular weight excluding hydrogens is 331 g/mol. The Kier molecular flexibility index (Phi) is 4.45. The third-order valence-electron chi connectivity index (χ3n) is 3.78. The molecule has 0 amide bonds. The van der Waals surface area contributed by atoms with Crippen molar-refractivity contribution in [2.45, 2.75) is 25.2 Å². The first-order chi connectivity index (χ1) is 10.9. The van der Waals surface area contributed by atoms with Gasteiger partial charge in [-0.25, -0.2) is 4.98 Å². The van der Waals surface area contributed by atoms with E-state index < -0.39 is 11.7 Å². The number of H-pyrrole nitrogens is 1. The van der Waals surface area contributed by atoms with Crippen molar-refractivity contribution in [3.8, 4) is 0 Å². The average molecular weight is 346 g/mol. The van der Waals surface area contributed by atoms with Crippen molar-refractivity contribution < 1.29 is 13.2 Å². The molecule has 2 N–H and O–H groups in total. The first-order valence-corrected chi connectivity index (χ1v) is 7.50. The summed E-state index contributed by atoms with van der Waals surface area (Å²) in [6.45, 7) is 2.00. The largest absolute Gasteiger partial charge is 0.417 e. The van der Waals surface area contributed by atoms with Gasteiger partial charge in [-0.3, -0.25) is 5.10 Å². The molecule has 1 aliphatic heterocycles. The number of nitrogens with one attached hydrogen (secondary N) is 2. The first-order valence-electron chi connectivity index (χ1n) is 7.13. The lowest BCUT2D eigenvalue weighted by Gasteiger charge is -2.20. The molecule has 5 nitrogen and oxygen atoms in total. The maximum absolute atomic E-state index is 12.6. The lowest BCUT2D eigenvalue weighted by Crippen LogP contribution is -2.32. The van der Waals surface area contributed by atoms with E-state index in [2.05, 4.69) is 20.5 Å². The molecule has 0 spiro atoms. The Balaban J connectivity index is 1.62. The smallest absolute Gasteiger partial charge is 0.354 e. The topological polar surface area (TPSA) is 56.8 Å². The molecule has 3 heterocycles. The van der Waals surface area contributed by atoms with Gasteiger partial charge in [-0.05, 0) is 18.6 Å². The van der Waals surface area contributed by atoms with E-state index in [0.717, 1.165) is 24.4 Å². The zero-order chi connectivity index (χ0) is 16.4. The third-order valence-corrected chi connectivity index (χ3v) is 4.05. The average Bonchev–Trinajstić information content (AvgIpc) is 3.15. The number of hydrogen-bond acceptors (Lipinski definition) is 4. The molecule has 0 aromatic carbocycles. The quantitative estimate of drug-likeness (QED) is 0.894. The number of pyridine rings is 1. The lowest BCUT2D eigenvalue weighted by molar-refractivity contribution is -0.137. The highest BCUT2D eigenvalue weighted by atomic mass is 35.5. The fraction of sp³-hybridized carbons (Fsp3) is 0.429. The van der Waals surface area contributed by atoms with Gasteiger partial charge in [-0.15, -0.1) is 0 Å². The minimum Gasteiger partial charge on any atom is -0.354 e. The molecule has 0 saturated carbocycles. The van der Waals surface area contributed by atoms with Gasteiger partial charge in [0.15, 0.2) is 0 Å². The Hall–Kier alpha value is -1.80. The normalized spacial score (nSPS) is 18.6. The predicted molar refractivity (Wildman–Crippen MR) is 80.3 cm³/mol. The number of alkyl halides is 3. The highest BCUT2D eigenvalue weighted by Gasteiger charge is 2.32. The van der Waals surface area contributed by atoms with Crippen molar-refractivity contribution in [1.29, 1.82) is 0 Å². The zero-order valence-corrected chi connectivity index (χ0v) is 12.8. The second-order valence-corrected chi connectivity index (χ2v) is 5.83. The number of hydrogen-bond donors (Lipinski definition) is 2. The highest BCUT2D eigenvalue weighted by Crippen LogP contribution is 2.34. The highest BCUT2D eigenvalue weighted by molar-refractivity contribution is 6.33. The minimum absolute atomic E-state index is 0.0223. The Morgan fingerprint density at radius 2 is 2.26 bits per heavy atom. The molecule has 2 aromatic heterocycles. The number of rotatable bonds is 4. The molecule has 1 fully saturated rings. The number of halogens is 4. The van der Waals surface area contributed by atoms with Gasteiger partial charge in [-0.1, -0.05) is 11.6 Å². The molecule has 0 radical (unpaired) electrons. The molecule has 1 unspecified atom stereocenters. The van der Waals surface area contributed by atoms with Crippen LogP contribution in [0.3, 0.4) is 0 Å². The summed E-state index contributed by atoms with van der Waals surface area (Å²) in [5, 5.41) is 10.1. The third kappa shape index (κ3) is 3.76. The van der Waals surface area contributed by atoms with Gasteiger partial charge in [0.2, 0.25) is 0 Å². The Bertz CT molecular complexity index is 659. The van der Waals surface area contributed by atoms with E-state index in [1.807, 2.05) is 11.0 Å². The van der Waals surface area contributed by atoms with E-state index >= 15 is 0 Å². The van der Waals surface area contributed by atoms with Gasteiger partial charge in [-0.2, -0.15) is 18.3 Å². The molecule has 124 valence electrons. The summed E-state index contributed by atoms with van der Waals surface area (Å²) in [5.41, 5.74) is 0.147. The summed E-state index contributed by atoms with van der Waals surface area (Å²) < 4.78 is 37.9. The molecule has 1 atom stereocenters. The summed E-state index contributed by atoms with van der Waals surface area (Å²) in [6, 6.07) is 3.03. The van der Waals surface area contributed by atoms with E-state index in [-0.39, 0.29) is 11.1 Å². The van der Waals surface area contributed by atoms with Crippen molar-refractivity contribution in [3.63, 3.8) is 0 Å². The summed E-state index contributed by atoms with van der Waals surface area (Å²) in [6.07, 6.45) is -1.06. The SMILES string of the molecule is FC(F)(F)c1cnc(N2CCC(NCc3ccn[nH]3)C2)c(Cl)c1. The monoisotopic (exact) mass is 345 g/mol.